The average Bonchev–Trinajstić information content (AvgIpc) is 3.35. The van der Waals surface area contributed by atoms with E-state index >= 15 is 0 Å². The molecule has 0 bridgehead atoms. The smallest absolute Gasteiger partial charge is 0.0778 e. The minimum absolute atomic E-state index is 0. The van der Waals surface area contributed by atoms with Crippen molar-refractivity contribution in [3.05, 3.63) is 60.7 Å². The fourth-order valence-electron chi connectivity index (χ4n) is 4.85. The van der Waals surface area contributed by atoms with Crippen molar-refractivity contribution in [2.24, 2.45) is 32.0 Å². The Hall–Kier alpha value is -2.46. The molecule has 0 spiro atoms. The van der Waals surface area contributed by atoms with Gasteiger partial charge in [-0.25, -0.2) is 0 Å². The largest absolute Gasteiger partial charge is 0.444 e. The molecule has 0 aromatic carbocycles. The van der Waals surface area contributed by atoms with E-state index in [1.54, 1.807) is 0 Å². The number of unbranched alkanes of at least 4 members (excludes halogenated alkanes) is 16. The van der Waals surface area contributed by atoms with Gasteiger partial charge in [0.1, 0.15) is 0 Å². The van der Waals surface area contributed by atoms with Gasteiger partial charge in [-0.3, -0.25) is 0 Å². The van der Waals surface area contributed by atoms with Crippen LogP contribution in [0.5, 0.6) is 0 Å². The topological polar surface area (TPSA) is 396 Å². The van der Waals surface area contributed by atoms with Gasteiger partial charge in [-0.05, 0) is 66.2 Å². The van der Waals surface area contributed by atoms with Gasteiger partial charge in [-0.2, -0.15) is 0 Å². The van der Waals surface area contributed by atoms with Gasteiger partial charge >= 0.3 is 0 Å². The summed E-state index contributed by atoms with van der Waals surface area (Å²) in [5.74, 6) is 0. The molecule has 75 heavy (non-hydrogen) atoms. The van der Waals surface area contributed by atoms with Crippen molar-refractivity contribution in [3.8, 4) is 0 Å². The molecule has 0 aromatic heterocycles. The summed E-state index contributed by atoms with van der Waals surface area (Å²) in [5, 5.41) is 89.6. The van der Waals surface area contributed by atoms with E-state index in [1.165, 1.54) is 142 Å². The third-order valence-electron chi connectivity index (χ3n) is 10.8. The van der Waals surface area contributed by atoms with Gasteiger partial charge in [0.2, 0.25) is 0 Å². The molecule has 0 rings (SSSR count). The molecule has 0 fully saturated rings. The fraction of sp³-hybridized carbons (Fsp3) is 1.00. The van der Waals surface area contributed by atoms with Gasteiger partial charge in [0.05, 0.1) is 65.1 Å². The Morgan fingerprint density at radius 3 is 0.587 bits per heavy atom. The fourth-order valence-corrected chi connectivity index (χ4v) is 5.67. The first kappa shape index (κ1) is 105. The minimum Gasteiger partial charge on any atom is -0.444 e. The second-order valence-electron chi connectivity index (χ2n) is 17.9. The number of aliphatic hydroxyl groups is 4. The van der Waals surface area contributed by atoms with E-state index in [0.717, 1.165) is 92.4 Å². The molecule has 0 heterocycles. The van der Waals surface area contributed by atoms with Crippen molar-refractivity contribution >= 4 is 18.5 Å². The molecular weight excluding hydrogens is 1070 g/mol. The molecule has 27 heteroatoms. The molecule has 4 atom stereocenters. The molecule has 467 valence electrons. The zero-order valence-electron chi connectivity index (χ0n) is 49.3. The zero-order valence-corrected chi connectivity index (χ0v) is 52.6. The van der Waals surface area contributed by atoms with E-state index in [2.05, 4.69) is 116 Å². The Labute approximate surface area is 470 Å². The second kappa shape index (κ2) is 100. The molecule has 1 radical (unpaired) electrons. The van der Waals surface area contributed by atoms with Gasteiger partial charge in [0, 0.05) is 30.3 Å². The van der Waals surface area contributed by atoms with E-state index in [0.29, 0.717) is 13.2 Å². The summed E-state index contributed by atoms with van der Waals surface area (Å²) in [5.41, 5.74) is 0. The van der Waals surface area contributed by atoms with E-state index in [9.17, 15) is 10.2 Å². The predicted molar refractivity (Wildman–Crippen MR) is 319 cm³/mol. The molecule has 24 nitrogen and oxygen atoms in total. The van der Waals surface area contributed by atoms with Crippen molar-refractivity contribution in [1.82, 2.24) is 0 Å². The van der Waals surface area contributed by atoms with Crippen molar-refractivity contribution in [1.29, 1.82) is 0 Å². The van der Waals surface area contributed by atoms with Gasteiger partial charge in [-0.15, -0.1) is 50.5 Å². The summed E-state index contributed by atoms with van der Waals surface area (Å²) in [6, 6.07) is 0. The molecule has 0 saturated heterocycles. The summed E-state index contributed by atoms with van der Waals surface area (Å²) in [4.78, 5) is 48.0. The maximum absolute atomic E-state index is 10.0. The van der Waals surface area contributed by atoms with Gasteiger partial charge in [0.15, 0.2) is 0 Å². The Balaban J connectivity index is -0.0000000533. The van der Waals surface area contributed by atoms with Crippen LogP contribution in [0.3, 0.4) is 0 Å². The van der Waals surface area contributed by atoms with Gasteiger partial charge in [-0.1, -0.05) is 170 Å². The van der Waals surface area contributed by atoms with Crippen molar-refractivity contribution in [2.45, 2.75) is 247 Å². The first-order valence-electron chi connectivity index (χ1n) is 26.4. The van der Waals surface area contributed by atoms with E-state index in [1.807, 2.05) is 0 Å². The second-order valence-corrected chi connectivity index (χ2v) is 20.0. The number of rotatable bonds is 30. The van der Waals surface area contributed by atoms with Crippen LogP contribution >= 0.6 is 18.5 Å². The van der Waals surface area contributed by atoms with Crippen LogP contribution in [0, 0.1) is 60.7 Å². The van der Waals surface area contributed by atoms with Crippen LogP contribution in [-0.4, -0.2) is 108 Å². The van der Waals surface area contributed by atoms with Crippen LogP contribution in [0.15, 0.2) is 32.0 Å². The third-order valence-corrected chi connectivity index (χ3v) is 12.0. The maximum atomic E-state index is 10.0. The van der Waals surface area contributed by atoms with Gasteiger partial charge in [0.25, 0.3) is 0 Å². The maximum Gasteiger partial charge on any atom is 0.0778 e. The molecule has 4 unspecified atom stereocenters. The predicted octanol–water partition coefficient (Wildman–Crippen LogP) is 15.0. The van der Waals surface area contributed by atoms with E-state index in [-0.39, 0.29) is 17.1 Å². The van der Waals surface area contributed by atoms with Crippen LogP contribution in [0.4, 0.5) is 0 Å². The number of hydrogen-bond donors (Lipinski definition) is 4. The molecule has 0 aliphatic rings. The van der Waals surface area contributed by atoms with Crippen molar-refractivity contribution in [3.63, 3.8) is 0 Å². The van der Waals surface area contributed by atoms with Crippen LogP contribution in [-0.2, 0) is 17.1 Å². The molecule has 0 amide bonds. The van der Waals surface area contributed by atoms with Crippen LogP contribution in [0.2, 0.25) is 0 Å². The average molecular weight is 1180 g/mol. The first-order valence-corrected chi connectivity index (χ1v) is 27.5. The zero-order chi connectivity index (χ0) is 60.9. The Bertz CT molecular complexity index is 878. The number of aliphatic hydroxyl groups excluding tert-OH is 2. The summed E-state index contributed by atoms with van der Waals surface area (Å²) in [7, 11) is 14.2. The number of nitrogens with zero attached hydrogens (tertiary/aromatic N) is 8. The molecular formula is C48H114CuN8O16P2-4. The van der Waals surface area contributed by atoms with Crippen LogP contribution < -0.4 is 0 Å². The van der Waals surface area contributed by atoms with Crippen molar-refractivity contribution in [2.75, 3.05) is 67.6 Å². The SMILES string of the molecule is CCCCCCC(O)(P)CCCCC.CCCCCCC(O)(P)CCCCC.CCCCCCO.CCCCCCO.CC[N+](C)(C)CC.CC[N+](C)(C)CC.O=N[O-].O=N[O-].O=N[O-].O=N[O-].O=N[O-].O=N[O-].[Cu]. The van der Waals surface area contributed by atoms with Gasteiger partial charge < -0.3 is 90.1 Å². The Morgan fingerprint density at radius 2 is 0.467 bits per heavy atom. The molecule has 0 aromatic rings. The van der Waals surface area contributed by atoms with E-state index < -0.39 is 10.7 Å². The van der Waals surface area contributed by atoms with Crippen LogP contribution in [0.1, 0.15) is 236 Å². The summed E-state index contributed by atoms with van der Waals surface area (Å²) >= 11 is 0. The molecule has 4 N–H and O–H groups in total. The molecule has 0 saturated carbocycles. The monoisotopic (exact) mass is 1180 g/mol. The Kier molecular flexibility index (Phi) is 140. The molecule has 0 aliphatic heterocycles. The number of hydrogen-bond acceptors (Lipinski definition) is 22. The number of quaternary nitrogens is 2. The normalized spacial score (nSPS) is 10.7. The Morgan fingerprint density at radius 1 is 0.333 bits per heavy atom. The van der Waals surface area contributed by atoms with E-state index in [4.69, 9.17) is 70.9 Å². The molecule has 0 aliphatic carbocycles. The summed E-state index contributed by atoms with van der Waals surface area (Å²) < 4.78 is 2.28. The summed E-state index contributed by atoms with van der Waals surface area (Å²) in [6.07, 6.45) is 30.4. The standard InChI is InChI=1S/2C12H27OP.2C6H16N.2C6H14O.Cu.6HNO2/c2*1-3-5-7-9-11-12(13,14)10-8-6-4-2;2*1-5-7(3,4)6-2;2*1-2-3-4-5-6-7;;6*2-1-3/h2*13H,3-11,14H2,1-2H3;2*5-6H2,1-4H3;2*7H,2-6H2,1H3;;6*(H,2,3)/q;;2*+1;;;;;;;;;/p-6. The third kappa shape index (κ3) is 182. The minimum atomic E-state index is -0.483. The van der Waals surface area contributed by atoms with Crippen LogP contribution in [0.25, 0.3) is 0 Å². The van der Waals surface area contributed by atoms with Crippen molar-refractivity contribution < 1.29 is 46.5 Å². The first-order chi connectivity index (χ1) is 34.8. The quantitative estimate of drug-likeness (QED) is 0.0130. The summed E-state index contributed by atoms with van der Waals surface area (Å²) in [6.45, 7) is 27.7.